The molecule has 2 aromatic heterocycles. The fourth-order valence-corrected chi connectivity index (χ4v) is 2.77. The summed E-state index contributed by atoms with van der Waals surface area (Å²) in [6.45, 7) is 5.88. The number of hydrogen-bond donors (Lipinski definition) is 3. The first-order chi connectivity index (χ1) is 11.8. The summed E-state index contributed by atoms with van der Waals surface area (Å²) in [5.74, 6) is 0.806. The summed E-state index contributed by atoms with van der Waals surface area (Å²) < 4.78 is 2.12. The van der Waals surface area contributed by atoms with Gasteiger partial charge in [0, 0.05) is 45.1 Å². The highest BCUT2D eigenvalue weighted by molar-refractivity contribution is 14.0. The van der Waals surface area contributed by atoms with E-state index in [-0.39, 0.29) is 29.9 Å². The minimum absolute atomic E-state index is 0. The molecule has 0 aromatic carbocycles. The van der Waals surface area contributed by atoms with Crippen LogP contribution in [0.15, 0.2) is 47.0 Å². The van der Waals surface area contributed by atoms with E-state index >= 15 is 0 Å². The Balaban J connectivity index is 0.00000312. The van der Waals surface area contributed by atoms with Gasteiger partial charge in [0.25, 0.3) is 5.91 Å². The van der Waals surface area contributed by atoms with E-state index < -0.39 is 0 Å². The van der Waals surface area contributed by atoms with Crippen molar-refractivity contribution in [1.82, 2.24) is 20.5 Å². The van der Waals surface area contributed by atoms with Crippen molar-refractivity contribution >= 4 is 47.2 Å². The third-order valence-electron chi connectivity index (χ3n) is 3.31. The lowest BCUT2D eigenvalue weighted by molar-refractivity contribution is 0.0957. The number of carbonyl (C=O) groups excluding carboxylic acids is 1. The average Bonchev–Trinajstić information content (AvgIpc) is 3.28. The summed E-state index contributed by atoms with van der Waals surface area (Å²) in [6.07, 6.45) is 4.90. The van der Waals surface area contributed by atoms with Crippen molar-refractivity contribution in [3.05, 3.63) is 46.9 Å². The van der Waals surface area contributed by atoms with Crippen LogP contribution in [0.1, 0.15) is 23.0 Å². The van der Waals surface area contributed by atoms with Crippen molar-refractivity contribution in [2.24, 2.45) is 4.99 Å². The Morgan fingerprint density at radius 1 is 1.16 bits per heavy atom. The van der Waals surface area contributed by atoms with E-state index in [1.54, 1.807) is 0 Å². The Hall–Kier alpha value is -1.55. The number of guanidine groups is 1. The molecule has 25 heavy (non-hydrogen) atoms. The molecule has 0 saturated carbocycles. The number of halogens is 1. The van der Waals surface area contributed by atoms with Gasteiger partial charge in [0.2, 0.25) is 0 Å². The maximum Gasteiger partial charge on any atom is 0.261 e. The van der Waals surface area contributed by atoms with Crippen LogP contribution in [-0.2, 0) is 6.54 Å². The largest absolute Gasteiger partial charge is 0.357 e. The van der Waals surface area contributed by atoms with Gasteiger partial charge in [0.05, 0.1) is 4.88 Å². The fourth-order valence-electron chi connectivity index (χ4n) is 2.13. The van der Waals surface area contributed by atoms with Crippen LogP contribution in [0.4, 0.5) is 0 Å². The molecule has 0 aliphatic heterocycles. The fraction of sp³-hybridized carbons (Fsp3) is 0.412. The van der Waals surface area contributed by atoms with Crippen molar-refractivity contribution < 1.29 is 4.79 Å². The highest BCUT2D eigenvalue weighted by Gasteiger charge is 2.04. The maximum atomic E-state index is 11.8. The van der Waals surface area contributed by atoms with Crippen LogP contribution < -0.4 is 16.0 Å². The summed E-state index contributed by atoms with van der Waals surface area (Å²) in [7, 11) is 0. The number of carbonyl (C=O) groups is 1. The number of rotatable bonds is 9. The van der Waals surface area contributed by atoms with Crippen molar-refractivity contribution in [3.63, 3.8) is 0 Å². The second-order valence-electron chi connectivity index (χ2n) is 5.20. The minimum atomic E-state index is -0.00858. The van der Waals surface area contributed by atoms with Gasteiger partial charge >= 0.3 is 0 Å². The molecule has 0 bridgehead atoms. The second kappa shape index (κ2) is 12.8. The van der Waals surface area contributed by atoms with Gasteiger partial charge in [-0.15, -0.1) is 35.3 Å². The predicted octanol–water partition coefficient (Wildman–Crippen LogP) is 2.54. The maximum absolute atomic E-state index is 11.8. The van der Waals surface area contributed by atoms with Gasteiger partial charge < -0.3 is 20.5 Å². The Morgan fingerprint density at radius 2 is 1.96 bits per heavy atom. The summed E-state index contributed by atoms with van der Waals surface area (Å²) in [6, 6.07) is 7.75. The van der Waals surface area contributed by atoms with Crippen LogP contribution >= 0.6 is 35.3 Å². The van der Waals surface area contributed by atoms with Crippen LogP contribution in [0.2, 0.25) is 0 Å². The molecule has 0 saturated heterocycles. The monoisotopic (exact) mass is 475 g/mol. The minimum Gasteiger partial charge on any atom is -0.357 e. The Bertz CT molecular complexity index is 613. The van der Waals surface area contributed by atoms with E-state index in [4.69, 9.17) is 0 Å². The molecule has 0 aliphatic rings. The van der Waals surface area contributed by atoms with Crippen LogP contribution in [-0.4, -0.2) is 42.6 Å². The van der Waals surface area contributed by atoms with Gasteiger partial charge in [-0.3, -0.25) is 9.79 Å². The average molecular weight is 475 g/mol. The molecule has 0 aliphatic carbocycles. The van der Waals surface area contributed by atoms with Crippen molar-refractivity contribution in [3.8, 4) is 0 Å². The van der Waals surface area contributed by atoms with E-state index in [0.717, 1.165) is 36.9 Å². The molecule has 0 unspecified atom stereocenters. The zero-order valence-electron chi connectivity index (χ0n) is 14.4. The third kappa shape index (κ3) is 8.39. The third-order valence-corrected chi connectivity index (χ3v) is 4.18. The highest BCUT2D eigenvalue weighted by atomic mass is 127. The number of thiophene rings is 1. The van der Waals surface area contributed by atoms with E-state index in [9.17, 15) is 4.79 Å². The number of nitrogens with zero attached hydrogens (tertiary/aromatic N) is 2. The summed E-state index contributed by atoms with van der Waals surface area (Å²) >= 11 is 1.45. The van der Waals surface area contributed by atoms with Gasteiger partial charge in [-0.2, -0.15) is 0 Å². The Labute approximate surface area is 170 Å². The van der Waals surface area contributed by atoms with Gasteiger partial charge in [0.15, 0.2) is 5.96 Å². The quantitative estimate of drug-likeness (QED) is 0.226. The zero-order valence-corrected chi connectivity index (χ0v) is 17.6. The highest BCUT2D eigenvalue weighted by Crippen LogP contribution is 2.07. The van der Waals surface area contributed by atoms with E-state index in [1.165, 1.54) is 11.3 Å². The van der Waals surface area contributed by atoms with Crippen molar-refractivity contribution in [1.29, 1.82) is 0 Å². The molecule has 2 rings (SSSR count). The van der Waals surface area contributed by atoms with E-state index in [1.807, 2.05) is 49.0 Å². The number of amides is 1. The number of nitrogens with one attached hydrogen (secondary N) is 3. The normalized spacial score (nSPS) is 10.8. The van der Waals surface area contributed by atoms with Gasteiger partial charge in [0.1, 0.15) is 0 Å². The second-order valence-corrected chi connectivity index (χ2v) is 6.14. The summed E-state index contributed by atoms with van der Waals surface area (Å²) in [4.78, 5) is 17.1. The molecular formula is C17H26IN5OS. The Kier molecular flexibility index (Phi) is 11.0. The lowest BCUT2D eigenvalue weighted by Crippen LogP contribution is -2.39. The first kappa shape index (κ1) is 21.5. The van der Waals surface area contributed by atoms with Crippen LogP contribution in [0.3, 0.4) is 0 Å². The molecule has 0 radical (unpaired) electrons. The number of aliphatic imine (C=N–C) groups is 1. The molecule has 138 valence electrons. The van der Waals surface area contributed by atoms with Gasteiger partial charge in [-0.25, -0.2) is 0 Å². The summed E-state index contributed by atoms with van der Waals surface area (Å²) in [5.41, 5.74) is 0. The first-order valence-corrected chi connectivity index (χ1v) is 9.12. The topological polar surface area (TPSA) is 70.4 Å². The van der Waals surface area contributed by atoms with Gasteiger partial charge in [-0.1, -0.05) is 6.07 Å². The Morgan fingerprint density at radius 3 is 2.64 bits per heavy atom. The molecule has 2 aromatic rings. The smallest absolute Gasteiger partial charge is 0.261 e. The van der Waals surface area contributed by atoms with Crippen LogP contribution in [0.25, 0.3) is 0 Å². The molecule has 0 spiro atoms. The van der Waals surface area contributed by atoms with Gasteiger partial charge in [-0.05, 0) is 36.9 Å². The lowest BCUT2D eigenvalue weighted by Gasteiger charge is -2.11. The van der Waals surface area contributed by atoms with Crippen LogP contribution in [0.5, 0.6) is 0 Å². The van der Waals surface area contributed by atoms with Crippen LogP contribution in [0, 0.1) is 0 Å². The predicted molar refractivity (Wildman–Crippen MR) is 115 cm³/mol. The number of aromatic nitrogens is 1. The van der Waals surface area contributed by atoms with Crippen molar-refractivity contribution in [2.45, 2.75) is 19.9 Å². The standard InChI is InChI=1S/C17H25N5OS.HI/c1-2-18-17(21-10-13-22-11-3-4-12-22)20-9-6-8-19-16(23)15-7-5-14-24-15;/h3-5,7,11-12,14H,2,6,8-10,13H2,1H3,(H,19,23)(H2,18,20,21);1H. The molecule has 8 heteroatoms. The first-order valence-electron chi connectivity index (χ1n) is 8.24. The molecule has 0 atom stereocenters. The van der Waals surface area contributed by atoms with E-state index in [2.05, 4.69) is 25.5 Å². The lowest BCUT2D eigenvalue weighted by atomic mass is 10.4. The molecular weight excluding hydrogens is 449 g/mol. The molecule has 2 heterocycles. The summed E-state index contributed by atoms with van der Waals surface area (Å²) in [5, 5.41) is 11.4. The molecule has 6 nitrogen and oxygen atoms in total. The molecule has 1 amide bonds. The SMILES string of the molecule is CCNC(=NCCCNC(=O)c1cccs1)NCCn1cccc1.I. The zero-order chi connectivity index (χ0) is 17.0. The molecule has 3 N–H and O–H groups in total. The van der Waals surface area contributed by atoms with Crippen molar-refractivity contribution in [2.75, 3.05) is 26.2 Å². The number of hydrogen-bond acceptors (Lipinski definition) is 3. The molecule has 0 fully saturated rings. The van der Waals surface area contributed by atoms with E-state index in [0.29, 0.717) is 13.1 Å².